The molecule has 1 fully saturated rings. The van der Waals surface area contributed by atoms with Crippen molar-refractivity contribution in [3.8, 4) is 0 Å². The number of fused-ring (bicyclic) bond motifs is 1. The van der Waals surface area contributed by atoms with E-state index in [2.05, 4.69) is 30.8 Å². The maximum atomic E-state index is 12.3. The van der Waals surface area contributed by atoms with Gasteiger partial charge in [0.2, 0.25) is 0 Å². The van der Waals surface area contributed by atoms with Crippen molar-refractivity contribution in [2.24, 2.45) is 0 Å². The maximum Gasteiger partial charge on any atom is 0.273 e. The van der Waals surface area contributed by atoms with E-state index in [1.807, 2.05) is 28.9 Å². The summed E-state index contributed by atoms with van der Waals surface area (Å²) in [5.41, 5.74) is 2.25. The fraction of sp³-hybridized carbons (Fsp3) is 0.526. The molecule has 1 aliphatic heterocycles. The van der Waals surface area contributed by atoms with Crippen LogP contribution in [-0.2, 0) is 13.1 Å². The largest absolute Gasteiger partial charge is 0.351 e. The van der Waals surface area contributed by atoms with Crippen molar-refractivity contribution in [2.75, 3.05) is 26.2 Å². The highest BCUT2D eigenvalue weighted by molar-refractivity contribution is 5.91. The molecule has 0 saturated carbocycles. The van der Waals surface area contributed by atoms with Crippen LogP contribution in [0.5, 0.6) is 0 Å². The molecule has 3 aromatic rings. The molecule has 1 aromatic carbocycles. The van der Waals surface area contributed by atoms with E-state index in [0.29, 0.717) is 18.8 Å². The minimum atomic E-state index is -0.187. The Morgan fingerprint density at radius 1 is 1.00 bits per heavy atom. The lowest BCUT2D eigenvalue weighted by Crippen LogP contribution is -2.32. The van der Waals surface area contributed by atoms with Gasteiger partial charge in [-0.05, 0) is 44.5 Å². The highest BCUT2D eigenvalue weighted by Gasteiger charge is 2.13. The van der Waals surface area contributed by atoms with E-state index in [4.69, 9.17) is 0 Å². The maximum absolute atomic E-state index is 12.3. The number of benzene rings is 1. The third-order valence-electron chi connectivity index (χ3n) is 5.12. The molecule has 1 aliphatic rings. The minimum absolute atomic E-state index is 0.187. The lowest BCUT2D eigenvalue weighted by molar-refractivity contribution is 0.0947. The van der Waals surface area contributed by atoms with Crippen LogP contribution in [0.2, 0.25) is 0 Å². The highest BCUT2D eigenvalue weighted by atomic mass is 16.2. The molecule has 0 radical (unpaired) electrons. The Balaban J connectivity index is 1.20. The number of carbonyl (C=O) groups is 1. The second kappa shape index (κ2) is 8.92. The van der Waals surface area contributed by atoms with Gasteiger partial charge in [-0.15, -0.1) is 10.2 Å². The van der Waals surface area contributed by atoms with Crippen LogP contribution in [0.15, 0.2) is 30.5 Å². The van der Waals surface area contributed by atoms with Gasteiger partial charge in [0.25, 0.3) is 5.91 Å². The van der Waals surface area contributed by atoms with Crippen molar-refractivity contribution in [1.29, 1.82) is 0 Å². The smallest absolute Gasteiger partial charge is 0.273 e. The first kappa shape index (κ1) is 18.5. The van der Waals surface area contributed by atoms with E-state index in [-0.39, 0.29) is 5.91 Å². The number of nitrogens with one attached hydrogen (secondary N) is 1. The van der Waals surface area contributed by atoms with E-state index >= 15 is 0 Å². The molecule has 0 bridgehead atoms. The predicted molar refractivity (Wildman–Crippen MR) is 105 cm³/mol. The second-order valence-electron chi connectivity index (χ2n) is 7.18. The van der Waals surface area contributed by atoms with Crippen molar-refractivity contribution in [3.05, 3.63) is 36.2 Å². The third-order valence-corrected chi connectivity index (χ3v) is 5.12. The quantitative estimate of drug-likeness (QED) is 0.591. The van der Waals surface area contributed by atoms with Crippen LogP contribution >= 0.6 is 0 Å². The lowest BCUT2D eigenvalue weighted by atomic mass is 10.1. The van der Waals surface area contributed by atoms with E-state index in [1.54, 1.807) is 10.9 Å². The molecular formula is C19H26N8O. The Bertz CT molecular complexity index is 911. The van der Waals surface area contributed by atoms with Crippen molar-refractivity contribution in [2.45, 2.75) is 38.8 Å². The summed E-state index contributed by atoms with van der Waals surface area (Å²) >= 11 is 0. The molecule has 1 saturated heterocycles. The summed E-state index contributed by atoms with van der Waals surface area (Å²) in [7, 11) is 0. The number of nitrogens with zero attached hydrogens (tertiary/aromatic N) is 7. The van der Waals surface area contributed by atoms with Gasteiger partial charge in [-0.2, -0.15) is 0 Å². The van der Waals surface area contributed by atoms with Crippen LogP contribution in [0.1, 0.15) is 36.2 Å². The van der Waals surface area contributed by atoms with Gasteiger partial charge in [0.1, 0.15) is 5.52 Å². The van der Waals surface area contributed by atoms with Gasteiger partial charge < -0.3 is 10.2 Å². The Kier molecular flexibility index (Phi) is 5.91. The fourth-order valence-electron chi connectivity index (χ4n) is 3.54. The van der Waals surface area contributed by atoms with Crippen molar-refractivity contribution in [3.63, 3.8) is 0 Å². The Labute approximate surface area is 163 Å². The molecule has 0 spiro atoms. The SMILES string of the molecule is O=C(NCCCn1nnc2ccccc21)c1cn(CCN2CCCCC2)nn1. The van der Waals surface area contributed by atoms with Crippen molar-refractivity contribution >= 4 is 16.9 Å². The lowest BCUT2D eigenvalue weighted by Gasteiger charge is -2.25. The summed E-state index contributed by atoms with van der Waals surface area (Å²) in [5, 5.41) is 19.3. The van der Waals surface area contributed by atoms with Crippen LogP contribution < -0.4 is 5.32 Å². The number of hydrogen-bond acceptors (Lipinski definition) is 6. The first-order valence-corrected chi connectivity index (χ1v) is 9.98. The van der Waals surface area contributed by atoms with Gasteiger partial charge in [-0.3, -0.25) is 9.48 Å². The standard InChI is InChI=1S/C19H26N8O/c28-19(17-15-26(23-22-17)14-13-25-10-4-1-5-11-25)20-9-6-12-27-18-8-3-2-7-16(18)21-24-27/h2-3,7-8,15H,1,4-6,9-14H2,(H,20,28). The zero-order valence-electron chi connectivity index (χ0n) is 16.0. The number of hydrogen-bond donors (Lipinski definition) is 1. The molecule has 1 amide bonds. The first-order valence-electron chi connectivity index (χ1n) is 9.98. The topological polar surface area (TPSA) is 93.8 Å². The van der Waals surface area contributed by atoms with E-state index in [0.717, 1.165) is 43.6 Å². The second-order valence-corrected chi connectivity index (χ2v) is 7.18. The molecule has 9 nitrogen and oxygen atoms in total. The summed E-state index contributed by atoms with van der Waals surface area (Å²) in [5.74, 6) is -0.187. The molecule has 1 N–H and O–H groups in total. The van der Waals surface area contributed by atoms with Crippen LogP contribution in [0.25, 0.3) is 11.0 Å². The molecular weight excluding hydrogens is 356 g/mol. The fourth-order valence-corrected chi connectivity index (χ4v) is 3.54. The summed E-state index contributed by atoms with van der Waals surface area (Å²) < 4.78 is 3.61. The predicted octanol–water partition coefficient (Wildman–Crippen LogP) is 1.33. The van der Waals surface area contributed by atoms with Gasteiger partial charge in [-0.25, -0.2) is 4.68 Å². The molecule has 9 heteroatoms. The van der Waals surface area contributed by atoms with Crippen LogP contribution in [0.4, 0.5) is 0 Å². The Morgan fingerprint density at radius 3 is 2.75 bits per heavy atom. The summed E-state index contributed by atoms with van der Waals surface area (Å²) in [6.07, 6.45) is 6.37. The normalized spacial score (nSPS) is 15.1. The monoisotopic (exact) mass is 382 g/mol. The molecule has 148 valence electrons. The Morgan fingerprint density at radius 2 is 1.86 bits per heavy atom. The van der Waals surface area contributed by atoms with Crippen molar-refractivity contribution < 1.29 is 4.79 Å². The number of carbonyl (C=O) groups excluding carboxylic acids is 1. The van der Waals surface area contributed by atoms with Gasteiger partial charge in [0.15, 0.2) is 5.69 Å². The summed E-state index contributed by atoms with van der Waals surface area (Å²) in [6.45, 7) is 5.28. The van der Waals surface area contributed by atoms with E-state index in [9.17, 15) is 4.79 Å². The molecule has 4 rings (SSSR count). The van der Waals surface area contributed by atoms with Gasteiger partial charge in [-0.1, -0.05) is 29.0 Å². The van der Waals surface area contributed by atoms with Crippen molar-refractivity contribution in [1.82, 2.24) is 40.2 Å². The van der Waals surface area contributed by atoms with E-state index < -0.39 is 0 Å². The number of aromatic nitrogens is 6. The first-order chi connectivity index (χ1) is 13.8. The van der Waals surface area contributed by atoms with E-state index in [1.165, 1.54) is 19.3 Å². The summed E-state index contributed by atoms with van der Waals surface area (Å²) in [6, 6.07) is 7.85. The third kappa shape index (κ3) is 4.53. The van der Waals surface area contributed by atoms with Crippen LogP contribution in [-0.4, -0.2) is 67.0 Å². The number of likely N-dealkylation sites (tertiary alicyclic amines) is 1. The zero-order chi connectivity index (χ0) is 19.2. The number of amides is 1. The van der Waals surface area contributed by atoms with Crippen LogP contribution in [0, 0.1) is 0 Å². The minimum Gasteiger partial charge on any atom is -0.351 e. The highest BCUT2D eigenvalue weighted by Crippen LogP contribution is 2.10. The Hall–Kier alpha value is -2.81. The molecule has 0 unspecified atom stereocenters. The molecule has 28 heavy (non-hydrogen) atoms. The molecule has 0 aliphatic carbocycles. The van der Waals surface area contributed by atoms with Gasteiger partial charge >= 0.3 is 0 Å². The molecule has 2 aromatic heterocycles. The average molecular weight is 382 g/mol. The van der Waals surface area contributed by atoms with Crippen LogP contribution in [0.3, 0.4) is 0 Å². The number of rotatable bonds is 8. The number of piperidine rings is 1. The average Bonchev–Trinajstić information content (AvgIpc) is 3.38. The number of aryl methyl sites for hydroxylation is 1. The number of para-hydroxylation sites is 1. The molecule has 0 atom stereocenters. The summed E-state index contributed by atoms with van der Waals surface area (Å²) in [4.78, 5) is 14.7. The van der Waals surface area contributed by atoms with Gasteiger partial charge in [0.05, 0.1) is 18.3 Å². The molecule has 3 heterocycles. The zero-order valence-corrected chi connectivity index (χ0v) is 16.0. The van der Waals surface area contributed by atoms with Gasteiger partial charge in [0, 0.05) is 19.6 Å².